The zero-order chi connectivity index (χ0) is 20.5. The van der Waals surface area contributed by atoms with Crippen LogP contribution in [0.25, 0.3) is 11.2 Å². The van der Waals surface area contributed by atoms with Crippen LogP contribution in [0.5, 0.6) is 0 Å². The Balaban J connectivity index is 1.37. The Morgan fingerprint density at radius 2 is 2.03 bits per heavy atom. The van der Waals surface area contributed by atoms with Crippen molar-refractivity contribution in [3.8, 4) is 0 Å². The number of aryl methyl sites for hydroxylation is 3. The number of fused-ring (bicyclic) bond motifs is 3. The molecule has 1 N–H and O–H groups in total. The third kappa shape index (κ3) is 3.62. The second-order valence-corrected chi connectivity index (χ2v) is 8.36. The summed E-state index contributed by atoms with van der Waals surface area (Å²) in [5.41, 5.74) is 2.87. The molecular formula is C22H27N7O. The van der Waals surface area contributed by atoms with E-state index in [4.69, 9.17) is 4.98 Å². The van der Waals surface area contributed by atoms with Crippen LogP contribution >= 0.6 is 0 Å². The Hall–Kier alpha value is -3.03. The van der Waals surface area contributed by atoms with Gasteiger partial charge in [-0.2, -0.15) is 0 Å². The average molecular weight is 406 g/mol. The molecule has 5 heterocycles. The molecule has 0 saturated carbocycles. The molecule has 0 aliphatic carbocycles. The lowest BCUT2D eigenvalue weighted by atomic mass is 9.97. The predicted octanol–water partition coefficient (Wildman–Crippen LogP) is 3.11. The molecule has 0 radical (unpaired) electrons. The van der Waals surface area contributed by atoms with Gasteiger partial charge in [0.15, 0.2) is 17.0 Å². The van der Waals surface area contributed by atoms with E-state index in [1.165, 1.54) is 12.8 Å². The van der Waals surface area contributed by atoms with Gasteiger partial charge in [-0.1, -0.05) is 12.5 Å². The molecule has 0 aromatic carbocycles. The minimum Gasteiger partial charge on any atom is -0.354 e. The lowest BCUT2D eigenvalue weighted by Crippen LogP contribution is -2.41. The molecule has 0 bridgehead atoms. The van der Waals surface area contributed by atoms with Crippen LogP contribution in [-0.4, -0.2) is 43.5 Å². The Bertz CT molecular complexity index is 1060. The van der Waals surface area contributed by atoms with E-state index >= 15 is 0 Å². The number of amides is 1. The van der Waals surface area contributed by atoms with Crippen molar-refractivity contribution < 1.29 is 4.79 Å². The topological polar surface area (TPSA) is 88.8 Å². The summed E-state index contributed by atoms with van der Waals surface area (Å²) in [6.45, 7) is 4.46. The minimum absolute atomic E-state index is 0.0157. The van der Waals surface area contributed by atoms with E-state index in [9.17, 15) is 4.79 Å². The number of piperidine rings is 1. The largest absolute Gasteiger partial charge is 0.354 e. The Morgan fingerprint density at radius 3 is 2.90 bits per heavy atom. The fourth-order valence-electron chi connectivity index (χ4n) is 4.51. The van der Waals surface area contributed by atoms with Gasteiger partial charge < -0.3 is 14.8 Å². The minimum atomic E-state index is -0.104. The first-order chi connectivity index (χ1) is 14.7. The van der Waals surface area contributed by atoms with E-state index in [1.807, 2.05) is 19.1 Å². The molecule has 2 aliphatic rings. The molecule has 3 aromatic heterocycles. The summed E-state index contributed by atoms with van der Waals surface area (Å²) in [5.74, 6) is 2.48. The van der Waals surface area contributed by atoms with Gasteiger partial charge >= 0.3 is 0 Å². The lowest BCUT2D eigenvalue weighted by molar-refractivity contribution is -0.120. The van der Waals surface area contributed by atoms with Crippen LogP contribution in [0.15, 0.2) is 24.7 Å². The monoisotopic (exact) mass is 405 g/mol. The molecule has 8 heteroatoms. The van der Waals surface area contributed by atoms with Crippen molar-refractivity contribution in [3.05, 3.63) is 36.0 Å². The van der Waals surface area contributed by atoms with Crippen LogP contribution in [0.2, 0.25) is 0 Å². The number of aromatic nitrogens is 5. The second kappa shape index (κ2) is 8.01. The third-order valence-corrected chi connectivity index (χ3v) is 6.13. The van der Waals surface area contributed by atoms with Crippen molar-refractivity contribution in [1.29, 1.82) is 0 Å². The second-order valence-electron chi connectivity index (χ2n) is 8.36. The zero-order valence-electron chi connectivity index (χ0n) is 17.3. The van der Waals surface area contributed by atoms with Crippen molar-refractivity contribution in [2.75, 3.05) is 23.3 Å². The number of carbonyl (C=O) groups is 1. The van der Waals surface area contributed by atoms with E-state index in [0.29, 0.717) is 12.4 Å². The summed E-state index contributed by atoms with van der Waals surface area (Å²) in [6.07, 6.45) is 9.77. The van der Waals surface area contributed by atoms with Crippen LogP contribution < -0.4 is 10.2 Å². The summed E-state index contributed by atoms with van der Waals surface area (Å²) in [5, 5.41) is 2.97. The highest BCUT2D eigenvalue weighted by molar-refractivity contribution is 5.92. The maximum atomic E-state index is 12.9. The number of pyridine rings is 1. The standard InChI is InChI=1S/C22H27N7O/c1-15-8-9-17(23-12-15)26-22(30)16-6-5-10-28(13-16)20-19-21(25-14-24-20)29-11-4-2-3-7-18(29)27-19/h8-9,12,14,16H,2-7,10-11,13H2,1H3,(H,23,26,30)/t16-/m0/s1. The molecular weight excluding hydrogens is 378 g/mol. The van der Waals surface area contributed by atoms with E-state index < -0.39 is 0 Å². The summed E-state index contributed by atoms with van der Waals surface area (Å²) in [6, 6.07) is 3.80. The van der Waals surface area contributed by atoms with Gasteiger partial charge in [0.1, 0.15) is 18.0 Å². The number of hydrogen-bond acceptors (Lipinski definition) is 6. The highest BCUT2D eigenvalue weighted by atomic mass is 16.2. The van der Waals surface area contributed by atoms with Crippen LogP contribution in [0, 0.1) is 12.8 Å². The predicted molar refractivity (Wildman–Crippen MR) is 115 cm³/mol. The number of anilines is 2. The highest BCUT2D eigenvalue weighted by Crippen LogP contribution is 2.29. The van der Waals surface area contributed by atoms with Crippen LogP contribution in [-0.2, 0) is 17.8 Å². The summed E-state index contributed by atoms with van der Waals surface area (Å²) in [7, 11) is 0. The normalized spacial score (nSPS) is 19.4. The first-order valence-electron chi connectivity index (χ1n) is 10.9. The lowest BCUT2D eigenvalue weighted by Gasteiger charge is -2.32. The molecule has 156 valence electrons. The van der Waals surface area contributed by atoms with Crippen LogP contribution in [0.1, 0.15) is 43.5 Å². The van der Waals surface area contributed by atoms with Gasteiger partial charge in [0.25, 0.3) is 0 Å². The number of nitrogens with one attached hydrogen (secondary N) is 1. The van der Waals surface area contributed by atoms with Crippen molar-refractivity contribution >= 4 is 28.7 Å². The van der Waals surface area contributed by atoms with Gasteiger partial charge in [0.2, 0.25) is 5.91 Å². The van der Waals surface area contributed by atoms with E-state index in [2.05, 4.69) is 29.7 Å². The van der Waals surface area contributed by atoms with E-state index in [-0.39, 0.29) is 11.8 Å². The zero-order valence-corrected chi connectivity index (χ0v) is 17.3. The SMILES string of the molecule is Cc1ccc(NC(=O)[C@H]2CCCN(c3ncnc4c3nc3n4CCCCC3)C2)nc1. The molecule has 5 rings (SSSR count). The Kier molecular flexibility index (Phi) is 5.06. The Labute approximate surface area is 175 Å². The summed E-state index contributed by atoms with van der Waals surface area (Å²) in [4.78, 5) is 33.4. The molecule has 3 aromatic rings. The first kappa shape index (κ1) is 19.0. The molecule has 1 fully saturated rings. The third-order valence-electron chi connectivity index (χ3n) is 6.13. The van der Waals surface area contributed by atoms with Crippen LogP contribution in [0.3, 0.4) is 0 Å². The number of carbonyl (C=O) groups excluding carboxylic acids is 1. The highest BCUT2D eigenvalue weighted by Gasteiger charge is 2.29. The summed E-state index contributed by atoms with van der Waals surface area (Å²) < 4.78 is 2.25. The maximum absolute atomic E-state index is 12.9. The average Bonchev–Trinajstić information content (AvgIpc) is 2.96. The van der Waals surface area contributed by atoms with E-state index in [0.717, 1.165) is 67.1 Å². The van der Waals surface area contributed by atoms with Gasteiger partial charge in [-0.05, 0) is 44.2 Å². The van der Waals surface area contributed by atoms with Crippen molar-refractivity contribution in [1.82, 2.24) is 24.5 Å². The Morgan fingerprint density at radius 1 is 1.10 bits per heavy atom. The number of nitrogens with zero attached hydrogens (tertiary/aromatic N) is 6. The van der Waals surface area contributed by atoms with Gasteiger partial charge in [0, 0.05) is 32.3 Å². The molecule has 0 spiro atoms. The molecule has 1 atom stereocenters. The van der Waals surface area contributed by atoms with E-state index in [1.54, 1.807) is 12.5 Å². The van der Waals surface area contributed by atoms with Crippen molar-refractivity contribution in [2.45, 2.75) is 52.0 Å². The molecule has 2 aliphatic heterocycles. The maximum Gasteiger partial charge on any atom is 0.230 e. The van der Waals surface area contributed by atoms with Gasteiger partial charge in [-0.15, -0.1) is 0 Å². The fraction of sp³-hybridized carbons (Fsp3) is 0.500. The number of rotatable bonds is 3. The van der Waals surface area contributed by atoms with Crippen molar-refractivity contribution in [2.24, 2.45) is 5.92 Å². The number of hydrogen-bond donors (Lipinski definition) is 1. The van der Waals surface area contributed by atoms with Gasteiger partial charge in [-0.3, -0.25) is 4.79 Å². The first-order valence-corrected chi connectivity index (χ1v) is 10.9. The smallest absolute Gasteiger partial charge is 0.230 e. The van der Waals surface area contributed by atoms with Crippen LogP contribution in [0.4, 0.5) is 11.6 Å². The fourth-order valence-corrected chi connectivity index (χ4v) is 4.51. The van der Waals surface area contributed by atoms with Crippen molar-refractivity contribution in [3.63, 3.8) is 0 Å². The van der Waals surface area contributed by atoms with Gasteiger partial charge in [0.05, 0.1) is 5.92 Å². The summed E-state index contributed by atoms with van der Waals surface area (Å²) >= 11 is 0. The number of imidazole rings is 1. The molecule has 1 amide bonds. The molecule has 8 nitrogen and oxygen atoms in total. The molecule has 0 unspecified atom stereocenters. The molecule has 30 heavy (non-hydrogen) atoms. The van der Waals surface area contributed by atoms with Gasteiger partial charge in [-0.25, -0.2) is 19.9 Å². The molecule has 1 saturated heterocycles. The quantitative estimate of drug-likeness (QED) is 0.720.